The normalized spacial score (nSPS) is 10.7. The van der Waals surface area contributed by atoms with Crippen LogP contribution in [0.5, 0.6) is 5.75 Å². The lowest BCUT2D eigenvalue weighted by molar-refractivity contribution is 0.415. The molecule has 0 amide bonds. The molecule has 4 nitrogen and oxygen atoms in total. The molecular weight excluding hydrogens is 245 g/mol. The molecule has 0 aliphatic carbocycles. The molecule has 1 aromatic heterocycles. The molecule has 19 heavy (non-hydrogen) atoms. The molecule has 0 atom stereocenters. The summed E-state index contributed by atoms with van der Waals surface area (Å²) >= 11 is 0. The minimum absolute atomic E-state index is 0.321. The van der Waals surface area contributed by atoms with Gasteiger partial charge >= 0.3 is 0 Å². The molecule has 0 saturated carbocycles. The molecule has 0 fully saturated rings. The third-order valence-corrected chi connectivity index (χ3v) is 3.08. The molecule has 1 heterocycles. The Kier molecular flexibility index (Phi) is 4.04. The molecular formula is C14H18FN3O. The third kappa shape index (κ3) is 2.70. The van der Waals surface area contributed by atoms with Gasteiger partial charge in [-0.1, -0.05) is 13.3 Å². The molecule has 0 unspecified atom stereocenters. The van der Waals surface area contributed by atoms with Crippen LogP contribution in [0, 0.1) is 5.82 Å². The number of halogens is 1. The molecule has 5 heteroatoms. The maximum Gasteiger partial charge on any atom is 0.153 e. The third-order valence-electron chi connectivity index (χ3n) is 3.08. The quantitative estimate of drug-likeness (QED) is 0.871. The summed E-state index contributed by atoms with van der Waals surface area (Å²) in [5, 5.41) is 6.95. The Morgan fingerprint density at radius 3 is 2.89 bits per heavy atom. The van der Waals surface area contributed by atoms with Crippen LogP contribution in [0.3, 0.4) is 0 Å². The Morgan fingerprint density at radius 1 is 1.42 bits per heavy atom. The first kappa shape index (κ1) is 13.4. The lowest BCUT2D eigenvalue weighted by Crippen LogP contribution is -1.95. The highest BCUT2D eigenvalue weighted by Gasteiger charge is 2.17. The van der Waals surface area contributed by atoms with Gasteiger partial charge in [0.05, 0.1) is 12.7 Å². The zero-order chi connectivity index (χ0) is 13.8. The zero-order valence-corrected chi connectivity index (χ0v) is 11.2. The van der Waals surface area contributed by atoms with Gasteiger partial charge in [0.1, 0.15) is 11.6 Å². The average molecular weight is 263 g/mol. The Morgan fingerprint density at radius 2 is 2.21 bits per heavy atom. The van der Waals surface area contributed by atoms with Crippen molar-refractivity contribution in [2.24, 2.45) is 0 Å². The van der Waals surface area contributed by atoms with Gasteiger partial charge in [-0.3, -0.25) is 5.10 Å². The Labute approximate surface area is 111 Å². The summed E-state index contributed by atoms with van der Waals surface area (Å²) in [4.78, 5) is 0. The SMILES string of the molecule is CCCCc1[nH]nc(N)c1-c1cc(F)ccc1OC. The second kappa shape index (κ2) is 5.73. The van der Waals surface area contributed by atoms with E-state index in [0.717, 1.165) is 30.5 Å². The van der Waals surface area contributed by atoms with Crippen molar-refractivity contribution in [1.82, 2.24) is 10.2 Å². The number of H-pyrrole nitrogens is 1. The van der Waals surface area contributed by atoms with E-state index in [1.807, 2.05) is 0 Å². The number of nitrogens with one attached hydrogen (secondary N) is 1. The van der Waals surface area contributed by atoms with Crippen molar-refractivity contribution in [3.8, 4) is 16.9 Å². The van der Waals surface area contributed by atoms with Gasteiger partial charge in [-0.05, 0) is 31.0 Å². The predicted octanol–water partition coefficient (Wildman–Crippen LogP) is 3.15. The highest BCUT2D eigenvalue weighted by Crippen LogP contribution is 2.36. The number of aromatic nitrogens is 2. The average Bonchev–Trinajstić information content (AvgIpc) is 2.77. The van der Waals surface area contributed by atoms with E-state index in [9.17, 15) is 4.39 Å². The first-order chi connectivity index (χ1) is 9.17. The number of nitrogens with zero attached hydrogens (tertiary/aromatic N) is 1. The fraction of sp³-hybridized carbons (Fsp3) is 0.357. The second-order valence-electron chi connectivity index (χ2n) is 4.41. The summed E-state index contributed by atoms with van der Waals surface area (Å²) in [6, 6.07) is 4.39. The summed E-state index contributed by atoms with van der Waals surface area (Å²) in [5.41, 5.74) is 8.20. The number of nitrogens with two attached hydrogens (primary N) is 1. The van der Waals surface area contributed by atoms with Gasteiger partial charge in [0.15, 0.2) is 5.82 Å². The first-order valence-corrected chi connectivity index (χ1v) is 6.34. The van der Waals surface area contributed by atoms with Crippen LogP contribution < -0.4 is 10.5 Å². The summed E-state index contributed by atoms with van der Waals surface area (Å²) in [6.07, 6.45) is 2.92. The van der Waals surface area contributed by atoms with Gasteiger partial charge in [-0.2, -0.15) is 5.10 Å². The minimum Gasteiger partial charge on any atom is -0.496 e. The molecule has 102 valence electrons. The van der Waals surface area contributed by atoms with Crippen molar-refractivity contribution in [2.45, 2.75) is 26.2 Å². The zero-order valence-electron chi connectivity index (χ0n) is 11.2. The minimum atomic E-state index is -0.321. The number of benzene rings is 1. The molecule has 0 saturated heterocycles. The van der Waals surface area contributed by atoms with Gasteiger partial charge in [0, 0.05) is 11.3 Å². The number of unbranched alkanes of at least 4 members (excludes halogenated alkanes) is 1. The van der Waals surface area contributed by atoms with Crippen LogP contribution in [0.15, 0.2) is 18.2 Å². The number of anilines is 1. The lowest BCUT2D eigenvalue weighted by Gasteiger charge is -2.09. The van der Waals surface area contributed by atoms with Crippen LogP contribution in [-0.2, 0) is 6.42 Å². The topological polar surface area (TPSA) is 63.9 Å². The number of hydrogen-bond donors (Lipinski definition) is 2. The van der Waals surface area contributed by atoms with E-state index in [-0.39, 0.29) is 5.82 Å². The van der Waals surface area contributed by atoms with E-state index < -0.39 is 0 Å². The number of aryl methyl sites for hydroxylation is 1. The monoisotopic (exact) mass is 263 g/mol. The van der Waals surface area contributed by atoms with E-state index in [1.54, 1.807) is 13.2 Å². The van der Waals surface area contributed by atoms with Gasteiger partial charge in [-0.15, -0.1) is 0 Å². The molecule has 0 radical (unpaired) electrons. The number of nitrogen functional groups attached to an aromatic ring is 1. The first-order valence-electron chi connectivity index (χ1n) is 6.34. The van der Waals surface area contributed by atoms with Crippen LogP contribution in [0.1, 0.15) is 25.5 Å². The largest absolute Gasteiger partial charge is 0.496 e. The van der Waals surface area contributed by atoms with E-state index in [1.165, 1.54) is 12.1 Å². The van der Waals surface area contributed by atoms with Crippen molar-refractivity contribution in [3.63, 3.8) is 0 Å². The van der Waals surface area contributed by atoms with E-state index in [4.69, 9.17) is 10.5 Å². The Bertz CT molecular complexity index is 566. The standard InChI is InChI=1S/C14H18FN3O/c1-3-4-5-11-13(14(16)18-17-11)10-8-9(15)6-7-12(10)19-2/h6-8H,3-5H2,1-2H3,(H3,16,17,18). The van der Waals surface area contributed by atoms with Gasteiger partial charge < -0.3 is 10.5 Å². The number of hydrogen-bond acceptors (Lipinski definition) is 3. The van der Waals surface area contributed by atoms with Crippen molar-refractivity contribution in [3.05, 3.63) is 29.7 Å². The fourth-order valence-electron chi connectivity index (χ4n) is 2.10. The van der Waals surface area contributed by atoms with E-state index >= 15 is 0 Å². The molecule has 1 aromatic carbocycles. The fourth-order valence-corrected chi connectivity index (χ4v) is 2.10. The van der Waals surface area contributed by atoms with Gasteiger partial charge in [0.25, 0.3) is 0 Å². The second-order valence-corrected chi connectivity index (χ2v) is 4.41. The molecule has 0 bridgehead atoms. The number of ether oxygens (including phenoxy) is 1. The predicted molar refractivity (Wildman–Crippen MR) is 73.6 cm³/mol. The maximum atomic E-state index is 13.5. The van der Waals surface area contributed by atoms with Crippen molar-refractivity contribution in [2.75, 3.05) is 12.8 Å². The Balaban J connectivity index is 2.51. The van der Waals surface area contributed by atoms with Crippen molar-refractivity contribution in [1.29, 1.82) is 0 Å². The van der Waals surface area contributed by atoms with E-state index in [0.29, 0.717) is 17.1 Å². The summed E-state index contributed by atoms with van der Waals surface area (Å²) < 4.78 is 18.7. The van der Waals surface area contributed by atoms with Crippen molar-refractivity contribution < 1.29 is 9.13 Å². The number of methoxy groups -OCH3 is 1. The lowest BCUT2D eigenvalue weighted by atomic mass is 10.0. The molecule has 0 aliphatic rings. The van der Waals surface area contributed by atoms with Crippen LogP contribution in [0.4, 0.5) is 10.2 Å². The highest BCUT2D eigenvalue weighted by molar-refractivity contribution is 5.80. The summed E-state index contributed by atoms with van der Waals surface area (Å²) in [6.45, 7) is 2.11. The van der Waals surface area contributed by atoms with Crippen LogP contribution in [0.25, 0.3) is 11.1 Å². The molecule has 2 rings (SSSR count). The van der Waals surface area contributed by atoms with Crippen LogP contribution in [-0.4, -0.2) is 17.3 Å². The van der Waals surface area contributed by atoms with Gasteiger partial charge in [-0.25, -0.2) is 4.39 Å². The summed E-state index contributed by atoms with van der Waals surface area (Å²) in [7, 11) is 1.55. The van der Waals surface area contributed by atoms with Gasteiger partial charge in [0.2, 0.25) is 0 Å². The van der Waals surface area contributed by atoms with E-state index in [2.05, 4.69) is 17.1 Å². The van der Waals surface area contributed by atoms with Crippen LogP contribution >= 0.6 is 0 Å². The van der Waals surface area contributed by atoms with Crippen molar-refractivity contribution >= 4 is 5.82 Å². The maximum absolute atomic E-state index is 13.5. The summed E-state index contributed by atoms with van der Waals surface area (Å²) in [5.74, 6) is 0.639. The van der Waals surface area contributed by atoms with Crippen LogP contribution in [0.2, 0.25) is 0 Å². The Hall–Kier alpha value is -2.04. The highest BCUT2D eigenvalue weighted by atomic mass is 19.1. The molecule has 0 spiro atoms. The molecule has 3 N–H and O–H groups in total. The number of rotatable bonds is 5. The smallest absolute Gasteiger partial charge is 0.153 e. The molecule has 2 aromatic rings. The molecule has 0 aliphatic heterocycles. The number of aromatic amines is 1.